The minimum atomic E-state index is 0.194. The molecule has 28 heavy (non-hydrogen) atoms. The van der Waals surface area contributed by atoms with Gasteiger partial charge in [-0.05, 0) is 31.0 Å². The van der Waals surface area contributed by atoms with Crippen LogP contribution in [0.4, 0.5) is 0 Å². The lowest BCUT2D eigenvalue weighted by molar-refractivity contribution is 0.0482. The third-order valence-electron chi connectivity index (χ3n) is 5.46. The van der Waals surface area contributed by atoms with Crippen LogP contribution in [-0.4, -0.2) is 71.0 Å². The van der Waals surface area contributed by atoms with Crippen LogP contribution in [0.1, 0.15) is 24.7 Å². The number of methoxy groups -OCH3 is 2. The number of aliphatic hydroxyl groups excluding tert-OH is 1. The Bertz CT molecular complexity index is 727. The summed E-state index contributed by atoms with van der Waals surface area (Å²) in [6, 6.07) is 6.31. The number of aromatic nitrogens is 2. The van der Waals surface area contributed by atoms with Crippen molar-refractivity contribution in [3.05, 3.63) is 42.0 Å². The molecule has 2 heterocycles. The van der Waals surface area contributed by atoms with E-state index in [9.17, 15) is 5.11 Å². The molecule has 1 aromatic carbocycles. The number of aryl methyl sites for hydroxylation is 1. The van der Waals surface area contributed by atoms with Gasteiger partial charge in [0.05, 0.1) is 20.8 Å². The van der Waals surface area contributed by atoms with Gasteiger partial charge in [0.25, 0.3) is 0 Å². The summed E-state index contributed by atoms with van der Waals surface area (Å²) in [7, 11) is 3.35. The number of piperazine rings is 1. The van der Waals surface area contributed by atoms with E-state index < -0.39 is 0 Å². The van der Waals surface area contributed by atoms with E-state index in [0.29, 0.717) is 6.04 Å². The molecule has 0 bridgehead atoms. The maximum absolute atomic E-state index is 9.59. The molecule has 1 aliphatic heterocycles. The van der Waals surface area contributed by atoms with E-state index in [0.717, 1.165) is 68.6 Å². The Morgan fingerprint density at radius 3 is 2.50 bits per heavy atom. The molecule has 1 saturated heterocycles. The monoisotopic (exact) mass is 388 g/mol. The Kier molecular flexibility index (Phi) is 7.30. The Morgan fingerprint density at radius 1 is 1.11 bits per heavy atom. The lowest BCUT2D eigenvalue weighted by Gasteiger charge is -2.41. The van der Waals surface area contributed by atoms with Crippen molar-refractivity contribution in [2.24, 2.45) is 0 Å². The molecule has 1 aliphatic rings. The van der Waals surface area contributed by atoms with Gasteiger partial charge in [-0.15, -0.1) is 0 Å². The molecule has 1 aromatic heterocycles. The fourth-order valence-electron chi connectivity index (χ4n) is 3.90. The van der Waals surface area contributed by atoms with Crippen LogP contribution < -0.4 is 9.47 Å². The van der Waals surface area contributed by atoms with Crippen LogP contribution >= 0.6 is 0 Å². The molecule has 154 valence electrons. The summed E-state index contributed by atoms with van der Waals surface area (Å²) in [6.07, 6.45) is 4.67. The first-order chi connectivity index (χ1) is 13.7. The zero-order valence-electron chi connectivity index (χ0n) is 17.2. The summed E-state index contributed by atoms with van der Waals surface area (Å²) in [5.41, 5.74) is 1.16. The molecule has 0 radical (unpaired) electrons. The van der Waals surface area contributed by atoms with Crippen molar-refractivity contribution in [2.45, 2.75) is 39.0 Å². The zero-order chi connectivity index (χ0) is 19.9. The molecular formula is C21H32N4O3. The molecule has 0 spiro atoms. The summed E-state index contributed by atoms with van der Waals surface area (Å²) in [6.45, 7) is 7.81. The second-order valence-electron chi connectivity index (χ2n) is 7.22. The molecule has 2 aromatic rings. The Hall–Kier alpha value is -2.09. The lowest BCUT2D eigenvalue weighted by atomic mass is 10.1. The van der Waals surface area contributed by atoms with Gasteiger partial charge in [0, 0.05) is 63.8 Å². The van der Waals surface area contributed by atoms with Gasteiger partial charge in [-0.25, -0.2) is 4.98 Å². The van der Waals surface area contributed by atoms with Crippen molar-refractivity contribution in [2.75, 3.05) is 40.5 Å². The Balaban J connectivity index is 1.68. The van der Waals surface area contributed by atoms with Gasteiger partial charge >= 0.3 is 0 Å². The minimum Gasteiger partial charge on any atom is -0.497 e. The first kappa shape index (κ1) is 20.6. The van der Waals surface area contributed by atoms with Gasteiger partial charge in [-0.1, -0.05) is 0 Å². The molecule has 3 rings (SSSR count). The fourth-order valence-corrected chi connectivity index (χ4v) is 3.90. The van der Waals surface area contributed by atoms with Gasteiger partial charge in [0.2, 0.25) is 0 Å². The molecule has 1 atom stereocenters. The van der Waals surface area contributed by atoms with Gasteiger partial charge in [-0.3, -0.25) is 9.80 Å². The van der Waals surface area contributed by atoms with Crippen LogP contribution in [0.15, 0.2) is 30.6 Å². The van der Waals surface area contributed by atoms with Crippen LogP contribution in [0.25, 0.3) is 0 Å². The average Bonchev–Trinajstić information content (AvgIpc) is 3.16. The van der Waals surface area contributed by atoms with E-state index in [1.165, 1.54) is 0 Å². The topological polar surface area (TPSA) is 63.0 Å². The highest BCUT2D eigenvalue weighted by Crippen LogP contribution is 2.25. The van der Waals surface area contributed by atoms with Gasteiger partial charge in [-0.2, -0.15) is 0 Å². The molecule has 1 N–H and O–H groups in total. The average molecular weight is 389 g/mol. The first-order valence-corrected chi connectivity index (χ1v) is 9.96. The highest BCUT2D eigenvalue weighted by Gasteiger charge is 2.27. The lowest BCUT2D eigenvalue weighted by Crippen LogP contribution is -2.52. The summed E-state index contributed by atoms with van der Waals surface area (Å²) < 4.78 is 13.0. The van der Waals surface area contributed by atoms with Crippen LogP contribution in [0, 0.1) is 0 Å². The van der Waals surface area contributed by atoms with Crippen molar-refractivity contribution in [1.82, 2.24) is 19.4 Å². The minimum absolute atomic E-state index is 0.194. The maximum atomic E-state index is 9.59. The molecule has 0 amide bonds. The molecule has 0 aliphatic carbocycles. The van der Waals surface area contributed by atoms with Crippen molar-refractivity contribution in [1.29, 1.82) is 0 Å². The summed E-state index contributed by atoms with van der Waals surface area (Å²) >= 11 is 0. The highest BCUT2D eigenvalue weighted by molar-refractivity contribution is 5.38. The molecule has 0 saturated carbocycles. The third kappa shape index (κ3) is 5.04. The van der Waals surface area contributed by atoms with E-state index in [2.05, 4.69) is 38.4 Å². The third-order valence-corrected chi connectivity index (χ3v) is 5.46. The van der Waals surface area contributed by atoms with Gasteiger partial charge < -0.3 is 19.1 Å². The Morgan fingerprint density at radius 2 is 1.86 bits per heavy atom. The summed E-state index contributed by atoms with van der Waals surface area (Å²) in [5, 5.41) is 9.59. The van der Waals surface area contributed by atoms with Crippen LogP contribution in [0.3, 0.4) is 0 Å². The van der Waals surface area contributed by atoms with Crippen LogP contribution in [0.5, 0.6) is 11.5 Å². The molecule has 0 unspecified atom stereocenters. The number of hydrogen-bond acceptors (Lipinski definition) is 6. The second kappa shape index (κ2) is 9.91. The number of imidazole rings is 1. The normalized spacial score (nSPS) is 18.4. The molecular weight excluding hydrogens is 356 g/mol. The van der Waals surface area contributed by atoms with Crippen molar-refractivity contribution < 1.29 is 14.6 Å². The van der Waals surface area contributed by atoms with E-state index in [1.807, 2.05) is 18.5 Å². The second-order valence-corrected chi connectivity index (χ2v) is 7.22. The number of rotatable bonds is 9. The summed E-state index contributed by atoms with van der Waals surface area (Å²) in [4.78, 5) is 9.40. The van der Waals surface area contributed by atoms with E-state index in [-0.39, 0.29) is 6.61 Å². The predicted octanol–water partition coefficient (Wildman–Crippen LogP) is 1.99. The first-order valence-electron chi connectivity index (χ1n) is 9.96. The van der Waals surface area contributed by atoms with Crippen LogP contribution in [-0.2, 0) is 19.6 Å². The number of aliphatic hydroxyl groups is 1. The van der Waals surface area contributed by atoms with Crippen molar-refractivity contribution in [3.63, 3.8) is 0 Å². The maximum Gasteiger partial charge on any atom is 0.122 e. The molecule has 1 fully saturated rings. The van der Waals surface area contributed by atoms with Crippen molar-refractivity contribution >= 4 is 0 Å². The highest BCUT2D eigenvalue weighted by atomic mass is 16.5. The Labute approximate surface area is 167 Å². The summed E-state index contributed by atoms with van der Waals surface area (Å²) in [5.74, 6) is 2.72. The van der Waals surface area contributed by atoms with E-state index in [1.54, 1.807) is 14.2 Å². The van der Waals surface area contributed by atoms with Crippen LogP contribution in [0.2, 0.25) is 0 Å². The predicted molar refractivity (Wildman–Crippen MR) is 109 cm³/mol. The SMILES string of the molecule is CCn1ccnc1CN1CCN(Cc2cc(OC)cc(OC)c2)[C@H](CCO)C1. The van der Waals surface area contributed by atoms with E-state index >= 15 is 0 Å². The van der Waals surface area contributed by atoms with Crippen molar-refractivity contribution in [3.8, 4) is 11.5 Å². The number of ether oxygens (including phenoxy) is 2. The fraction of sp³-hybridized carbons (Fsp3) is 0.571. The smallest absolute Gasteiger partial charge is 0.122 e. The van der Waals surface area contributed by atoms with Gasteiger partial charge in [0.15, 0.2) is 0 Å². The van der Waals surface area contributed by atoms with E-state index in [4.69, 9.17) is 9.47 Å². The molecule has 7 heteroatoms. The number of benzene rings is 1. The quantitative estimate of drug-likeness (QED) is 0.709. The number of nitrogens with zero attached hydrogens (tertiary/aromatic N) is 4. The number of hydrogen-bond donors (Lipinski definition) is 1. The molecule has 7 nitrogen and oxygen atoms in total. The van der Waals surface area contributed by atoms with Gasteiger partial charge in [0.1, 0.15) is 17.3 Å². The zero-order valence-corrected chi connectivity index (χ0v) is 17.2. The largest absolute Gasteiger partial charge is 0.497 e. The standard InChI is InChI=1S/C21H32N4O3/c1-4-24-7-6-22-21(24)16-23-8-9-25(18(15-23)5-10-26)14-17-11-19(27-2)13-20(12-17)28-3/h6-7,11-13,18,26H,4-5,8-10,14-16H2,1-3H3/t18-/m1/s1.